The van der Waals surface area contributed by atoms with Gasteiger partial charge in [0.15, 0.2) is 0 Å². The van der Waals surface area contributed by atoms with Crippen LogP contribution in [0, 0.1) is 6.92 Å². The number of aromatic nitrogens is 1. The third-order valence-corrected chi connectivity index (χ3v) is 2.59. The molecule has 0 fully saturated rings. The van der Waals surface area contributed by atoms with E-state index in [1.807, 2.05) is 37.3 Å². The second kappa shape index (κ2) is 3.73. The van der Waals surface area contributed by atoms with Crippen molar-refractivity contribution in [1.29, 1.82) is 0 Å². The van der Waals surface area contributed by atoms with E-state index < -0.39 is 5.91 Å². The molecule has 5 N–H and O–H groups in total. The first-order valence-corrected chi connectivity index (χ1v) is 4.94. The van der Waals surface area contributed by atoms with Crippen molar-refractivity contribution in [2.45, 2.75) is 6.92 Å². The van der Waals surface area contributed by atoms with Gasteiger partial charge in [-0.1, -0.05) is 30.3 Å². The molecule has 1 amide bonds. The zero-order valence-electron chi connectivity index (χ0n) is 8.95. The predicted molar refractivity (Wildman–Crippen MR) is 63.9 cm³/mol. The number of carbonyl (C=O) groups is 1. The summed E-state index contributed by atoms with van der Waals surface area (Å²) in [6.45, 7) is 1.83. The molecular formula is C12H13N3O. The fourth-order valence-corrected chi connectivity index (χ4v) is 1.83. The molecule has 0 unspecified atom stereocenters. The zero-order valence-corrected chi connectivity index (χ0v) is 8.95. The average molecular weight is 215 g/mol. The highest BCUT2D eigenvalue weighted by Crippen LogP contribution is 2.28. The predicted octanol–water partition coefficient (Wildman–Crippen LogP) is 1.67. The van der Waals surface area contributed by atoms with Gasteiger partial charge in [-0.2, -0.15) is 0 Å². The Bertz CT molecular complexity index is 529. The van der Waals surface area contributed by atoms with Gasteiger partial charge in [0.05, 0.1) is 11.3 Å². The SMILES string of the molecule is Cc1c(-c2ccccc2)[nH]c(N)c1C(N)=O. The van der Waals surface area contributed by atoms with Crippen molar-refractivity contribution in [3.8, 4) is 11.3 Å². The minimum Gasteiger partial charge on any atom is -0.385 e. The van der Waals surface area contributed by atoms with Crippen LogP contribution in [0.3, 0.4) is 0 Å². The average Bonchev–Trinajstić information content (AvgIpc) is 2.55. The molecule has 0 radical (unpaired) electrons. The van der Waals surface area contributed by atoms with Crippen molar-refractivity contribution in [2.75, 3.05) is 5.73 Å². The standard InChI is InChI=1S/C12H13N3O/c1-7-9(12(14)16)11(13)15-10(7)8-5-3-2-4-6-8/h2-6,15H,13H2,1H3,(H2,14,16). The van der Waals surface area contributed by atoms with Crippen LogP contribution in [-0.4, -0.2) is 10.9 Å². The number of H-pyrrole nitrogens is 1. The molecule has 0 aliphatic heterocycles. The van der Waals surface area contributed by atoms with E-state index in [9.17, 15) is 4.79 Å². The van der Waals surface area contributed by atoms with Gasteiger partial charge < -0.3 is 16.5 Å². The fourth-order valence-electron chi connectivity index (χ4n) is 1.83. The van der Waals surface area contributed by atoms with E-state index in [0.29, 0.717) is 11.4 Å². The van der Waals surface area contributed by atoms with Crippen molar-refractivity contribution in [2.24, 2.45) is 5.73 Å². The van der Waals surface area contributed by atoms with Gasteiger partial charge >= 0.3 is 0 Å². The highest BCUT2D eigenvalue weighted by atomic mass is 16.1. The molecule has 0 atom stereocenters. The molecule has 0 bridgehead atoms. The number of nitrogen functional groups attached to an aromatic ring is 1. The Morgan fingerprint density at radius 3 is 2.38 bits per heavy atom. The Morgan fingerprint density at radius 2 is 1.88 bits per heavy atom. The Kier molecular flexibility index (Phi) is 2.40. The van der Waals surface area contributed by atoms with E-state index in [2.05, 4.69) is 4.98 Å². The second-order valence-corrected chi connectivity index (χ2v) is 3.64. The monoisotopic (exact) mass is 215 g/mol. The van der Waals surface area contributed by atoms with Crippen LogP contribution in [0.25, 0.3) is 11.3 Å². The summed E-state index contributed by atoms with van der Waals surface area (Å²) in [6, 6.07) is 9.68. The first kappa shape index (κ1) is 10.3. The fraction of sp³-hybridized carbons (Fsp3) is 0.0833. The normalized spacial score (nSPS) is 10.3. The zero-order chi connectivity index (χ0) is 11.7. The molecule has 0 aliphatic carbocycles. The quantitative estimate of drug-likeness (QED) is 0.711. The number of amides is 1. The van der Waals surface area contributed by atoms with Crippen LogP contribution in [-0.2, 0) is 0 Å². The van der Waals surface area contributed by atoms with Gasteiger partial charge in [-0.05, 0) is 18.1 Å². The number of nitrogens with one attached hydrogen (secondary N) is 1. The number of nitrogens with two attached hydrogens (primary N) is 2. The van der Waals surface area contributed by atoms with Crippen LogP contribution in [0.1, 0.15) is 15.9 Å². The lowest BCUT2D eigenvalue weighted by atomic mass is 10.1. The number of carbonyl (C=O) groups excluding carboxylic acids is 1. The lowest BCUT2D eigenvalue weighted by Gasteiger charge is -1.99. The molecular weight excluding hydrogens is 202 g/mol. The van der Waals surface area contributed by atoms with E-state index in [1.165, 1.54) is 0 Å². The molecule has 0 saturated heterocycles. The third-order valence-electron chi connectivity index (χ3n) is 2.59. The van der Waals surface area contributed by atoms with Crippen LogP contribution in [0.15, 0.2) is 30.3 Å². The maximum atomic E-state index is 11.2. The number of hydrogen-bond donors (Lipinski definition) is 3. The molecule has 0 saturated carbocycles. The minimum atomic E-state index is -0.506. The van der Waals surface area contributed by atoms with Gasteiger partial charge in [-0.3, -0.25) is 4.79 Å². The Hall–Kier alpha value is -2.23. The van der Waals surface area contributed by atoms with Crippen LogP contribution < -0.4 is 11.5 Å². The van der Waals surface area contributed by atoms with Crippen molar-refractivity contribution in [3.63, 3.8) is 0 Å². The molecule has 1 aromatic heterocycles. The van der Waals surface area contributed by atoms with Crippen molar-refractivity contribution in [3.05, 3.63) is 41.5 Å². The van der Waals surface area contributed by atoms with E-state index in [0.717, 1.165) is 16.8 Å². The molecule has 2 rings (SSSR count). The van der Waals surface area contributed by atoms with E-state index in [1.54, 1.807) is 0 Å². The first-order chi connectivity index (χ1) is 7.61. The summed E-state index contributed by atoms with van der Waals surface area (Å²) < 4.78 is 0. The summed E-state index contributed by atoms with van der Waals surface area (Å²) >= 11 is 0. The smallest absolute Gasteiger partial charge is 0.252 e. The van der Waals surface area contributed by atoms with Gasteiger partial charge in [0.25, 0.3) is 5.91 Å². The van der Waals surface area contributed by atoms with Crippen molar-refractivity contribution >= 4 is 11.7 Å². The molecule has 4 heteroatoms. The summed E-state index contributed by atoms with van der Waals surface area (Å²) in [5, 5.41) is 0. The number of primary amides is 1. The highest BCUT2D eigenvalue weighted by molar-refractivity contribution is 6.01. The number of benzene rings is 1. The molecule has 0 aliphatic rings. The minimum absolute atomic E-state index is 0.323. The van der Waals surface area contributed by atoms with Gasteiger partial charge in [-0.25, -0.2) is 0 Å². The number of anilines is 1. The van der Waals surface area contributed by atoms with Crippen molar-refractivity contribution < 1.29 is 4.79 Å². The summed E-state index contributed by atoms with van der Waals surface area (Å²) in [6.07, 6.45) is 0. The molecule has 4 nitrogen and oxygen atoms in total. The largest absolute Gasteiger partial charge is 0.385 e. The second-order valence-electron chi connectivity index (χ2n) is 3.64. The summed E-state index contributed by atoms with van der Waals surface area (Å²) in [5.41, 5.74) is 14.0. The van der Waals surface area contributed by atoms with Crippen LogP contribution in [0.5, 0.6) is 0 Å². The lowest BCUT2D eigenvalue weighted by Crippen LogP contribution is -2.13. The van der Waals surface area contributed by atoms with E-state index in [4.69, 9.17) is 11.5 Å². The topological polar surface area (TPSA) is 84.9 Å². The van der Waals surface area contributed by atoms with E-state index in [-0.39, 0.29) is 0 Å². The summed E-state index contributed by atoms with van der Waals surface area (Å²) in [7, 11) is 0. The molecule has 2 aromatic rings. The Balaban J connectivity index is 2.61. The van der Waals surface area contributed by atoms with Gasteiger partial charge in [-0.15, -0.1) is 0 Å². The van der Waals surface area contributed by atoms with E-state index >= 15 is 0 Å². The maximum Gasteiger partial charge on any atom is 0.252 e. The van der Waals surface area contributed by atoms with Gasteiger partial charge in [0.2, 0.25) is 0 Å². The summed E-state index contributed by atoms with van der Waals surface area (Å²) in [4.78, 5) is 14.2. The molecule has 16 heavy (non-hydrogen) atoms. The molecule has 1 heterocycles. The number of aromatic amines is 1. The highest BCUT2D eigenvalue weighted by Gasteiger charge is 2.16. The number of hydrogen-bond acceptors (Lipinski definition) is 2. The van der Waals surface area contributed by atoms with Gasteiger partial charge in [0.1, 0.15) is 5.82 Å². The molecule has 82 valence electrons. The van der Waals surface area contributed by atoms with Crippen LogP contribution in [0.2, 0.25) is 0 Å². The Labute approximate surface area is 93.3 Å². The summed E-state index contributed by atoms with van der Waals surface area (Å²) in [5.74, 6) is -0.183. The first-order valence-electron chi connectivity index (χ1n) is 4.94. The molecule has 1 aromatic carbocycles. The third kappa shape index (κ3) is 1.54. The molecule has 0 spiro atoms. The lowest BCUT2D eigenvalue weighted by molar-refractivity contribution is 0.100. The van der Waals surface area contributed by atoms with Gasteiger partial charge in [0, 0.05) is 0 Å². The van der Waals surface area contributed by atoms with Crippen LogP contribution >= 0.6 is 0 Å². The van der Waals surface area contributed by atoms with Crippen LogP contribution in [0.4, 0.5) is 5.82 Å². The number of rotatable bonds is 2. The van der Waals surface area contributed by atoms with Crippen molar-refractivity contribution in [1.82, 2.24) is 4.98 Å². The Morgan fingerprint density at radius 1 is 1.25 bits per heavy atom. The maximum absolute atomic E-state index is 11.2.